The average Bonchev–Trinajstić information content (AvgIpc) is 2.88. The standard InChI is InChI=1S/C12H18ClN3O2/c13-4-2-5-16-12(17)10(7-14)8-15-9-11-3-1-6-18-11/h8,11,15H,1-6,9H2,(H,16,17)/b10-8-. The van der Waals surface area contributed by atoms with Crippen LogP contribution >= 0.6 is 11.6 Å². The summed E-state index contributed by atoms with van der Waals surface area (Å²) in [6, 6.07) is 1.87. The van der Waals surface area contributed by atoms with Crippen LogP contribution in [0.25, 0.3) is 0 Å². The molecule has 6 heteroatoms. The monoisotopic (exact) mass is 271 g/mol. The Morgan fingerprint density at radius 3 is 3.06 bits per heavy atom. The van der Waals surface area contributed by atoms with Gasteiger partial charge in [-0.05, 0) is 19.3 Å². The van der Waals surface area contributed by atoms with Crippen molar-refractivity contribution in [2.24, 2.45) is 0 Å². The molecular weight excluding hydrogens is 254 g/mol. The van der Waals surface area contributed by atoms with Gasteiger partial charge in [-0.15, -0.1) is 11.6 Å². The van der Waals surface area contributed by atoms with Gasteiger partial charge in [-0.25, -0.2) is 0 Å². The summed E-state index contributed by atoms with van der Waals surface area (Å²) in [6.45, 7) is 1.90. The summed E-state index contributed by atoms with van der Waals surface area (Å²) >= 11 is 5.50. The normalized spacial score (nSPS) is 19.3. The van der Waals surface area contributed by atoms with Crippen molar-refractivity contribution in [2.75, 3.05) is 25.6 Å². The highest BCUT2D eigenvalue weighted by Crippen LogP contribution is 2.10. The Hall–Kier alpha value is -1.25. The van der Waals surface area contributed by atoms with Crippen LogP contribution in [0.4, 0.5) is 0 Å². The van der Waals surface area contributed by atoms with Gasteiger partial charge in [-0.3, -0.25) is 4.79 Å². The van der Waals surface area contributed by atoms with Crippen molar-refractivity contribution in [1.82, 2.24) is 10.6 Å². The number of nitrogens with one attached hydrogen (secondary N) is 2. The molecule has 1 aliphatic rings. The number of alkyl halides is 1. The van der Waals surface area contributed by atoms with E-state index in [-0.39, 0.29) is 17.6 Å². The van der Waals surface area contributed by atoms with Crippen LogP contribution in [0.1, 0.15) is 19.3 Å². The highest BCUT2D eigenvalue weighted by molar-refractivity contribution is 6.17. The minimum atomic E-state index is -0.373. The quantitative estimate of drug-likeness (QED) is 0.312. The maximum Gasteiger partial charge on any atom is 0.263 e. The number of nitrogens with zero attached hydrogens (tertiary/aromatic N) is 1. The largest absolute Gasteiger partial charge is 0.387 e. The Labute approximate surface area is 112 Å². The smallest absolute Gasteiger partial charge is 0.263 e. The van der Waals surface area contributed by atoms with Gasteiger partial charge in [-0.2, -0.15) is 5.26 Å². The van der Waals surface area contributed by atoms with E-state index in [0.29, 0.717) is 25.4 Å². The van der Waals surface area contributed by atoms with Crippen LogP contribution in [0, 0.1) is 11.3 Å². The van der Waals surface area contributed by atoms with Crippen LogP contribution in [0.2, 0.25) is 0 Å². The van der Waals surface area contributed by atoms with Crippen molar-refractivity contribution < 1.29 is 9.53 Å². The predicted octanol–water partition coefficient (Wildman–Crippen LogP) is 0.908. The second-order valence-corrected chi connectivity index (χ2v) is 4.39. The summed E-state index contributed by atoms with van der Waals surface area (Å²) in [5, 5.41) is 14.4. The van der Waals surface area contributed by atoms with E-state index in [0.717, 1.165) is 19.4 Å². The van der Waals surface area contributed by atoms with E-state index in [4.69, 9.17) is 21.6 Å². The Balaban J connectivity index is 2.29. The maximum absolute atomic E-state index is 11.6. The lowest BCUT2D eigenvalue weighted by Crippen LogP contribution is -2.28. The molecule has 0 aliphatic carbocycles. The molecule has 0 aromatic rings. The number of nitriles is 1. The molecule has 100 valence electrons. The third-order valence-corrected chi connectivity index (χ3v) is 2.84. The number of ether oxygens (including phenoxy) is 1. The predicted molar refractivity (Wildman–Crippen MR) is 69.0 cm³/mol. The van der Waals surface area contributed by atoms with Gasteiger partial charge in [0, 0.05) is 31.8 Å². The average molecular weight is 272 g/mol. The van der Waals surface area contributed by atoms with Gasteiger partial charge in [0.2, 0.25) is 0 Å². The summed E-state index contributed by atoms with van der Waals surface area (Å²) < 4.78 is 5.42. The Bertz CT molecular complexity index is 333. The molecule has 0 radical (unpaired) electrons. The molecule has 0 spiro atoms. The zero-order valence-corrected chi connectivity index (χ0v) is 11.0. The summed E-state index contributed by atoms with van der Waals surface area (Å²) in [6.07, 6.45) is 4.40. The van der Waals surface area contributed by atoms with Gasteiger partial charge < -0.3 is 15.4 Å². The fourth-order valence-corrected chi connectivity index (χ4v) is 1.74. The second kappa shape index (κ2) is 8.78. The molecule has 1 unspecified atom stereocenters. The fourth-order valence-electron chi connectivity index (χ4n) is 1.61. The molecule has 1 rings (SSSR count). The van der Waals surface area contributed by atoms with Crippen LogP contribution in [0.5, 0.6) is 0 Å². The molecule has 0 aromatic carbocycles. The highest BCUT2D eigenvalue weighted by atomic mass is 35.5. The lowest BCUT2D eigenvalue weighted by Gasteiger charge is -2.09. The van der Waals surface area contributed by atoms with E-state index in [1.54, 1.807) is 0 Å². The van der Waals surface area contributed by atoms with Crippen molar-refractivity contribution in [3.8, 4) is 6.07 Å². The van der Waals surface area contributed by atoms with Crippen LogP contribution in [-0.2, 0) is 9.53 Å². The second-order valence-electron chi connectivity index (χ2n) is 4.01. The van der Waals surface area contributed by atoms with Crippen molar-refractivity contribution in [3.05, 3.63) is 11.8 Å². The Morgan fingerprint density at radius 1 is 1.61 bits per heavy atom. The molecule has 1 aliphatic heterocycles. The van der Waals surface area contributed by atoms with Crippen LogP contribution in [0.15, 0.2) is 11.8 Å². The molecule has 5 nitrogen and oxygen atoms in total. The van der Waals surface area contributed by atoms with Crippen LogP contribution < -0.4 is 10.6 Å². The number of carbonyl (C=O) groups is 1. The summed E-state index contributed by atoms with van der Waals surface area (Å²) in [4.78, 5) is 11.6. The molecule has 1 heterocycles. The van der Waals surface area contributed by atoms with Gasteiger partial charge in [0.15, 0.2) is 0 Å². The molecule has 1 amide bonds. The van der Waals surface area contributed by atoms with Gasteiger partial charge in [0.1, 0.15) is 11.6 Å². The van der Waals surface area contributed by atoms with Crippen LogP contribution in [0.3, 0.4) is 0 Å². The van der Waals surface area contributed by atoms with E-state index >= 15 is 0 Å². The first kappa shape index (κ1) is 14.8. The molecule has 1 saturated heterocycles. The topological polar surface area (TPSA) is 74.1 Å². The zero-order chi connectivity index (χ0) is 13.2. The Morgan fingerprint density at radius 2 is 2.44 bits per heavy atom. The van der Waals surface area contributed by atoms with E-state index in [2.05, 4.69) is 10.6 Å². The maximum atomic E-state index is 11.6. The highest BCUT2D eigenvalue weighted by Gasteiger charge is 2.14. The molecule has 2 N–H and O–H groups in total. The minimum Gasteiger partial charge on any atom is -0.387 e. The van der Waals surface area contributed by atoms with Crippen molar-refractivity contribution in [3.63, 3.8) is 0 Å². The first-order valence-corrected chi connectivity index (χ1v) is 6.60. The number of rotatable bonds is 7. The molecule has 0 saturated carbocycles. The number of carbonyl (C=O) groups excluding carboxylic acids is 1. The van der Waals surface area contributed by atoms with Crippen molar-refractivity contribution in [1.29, 1.82) is 5.26 Å². The third kappa shape index (κ3) is 5.39. The molecule has 0 aromatic heterocycles. The van der Waals surface area contributed by atoms with Crippen LogP contribution in [-0.4, -0.2) is 37.6 Å². The first-order valence-electron chi connectivity index (χ1n) is 6.07. The van der Waals surface area contributed by atoms with E-state index < -0.39 is 0 Å². The SMILES string of the molecule is N#C/C(=C/NCC1CCCO1)C(=O)NCCCCl. The lowest BCUT2D eigenvalue weighted by molar-refractivity contribution is -0.117. The third-order valence-electron chi connectivity index (χ3n) is 2.58. The number of hydrogen-bond acceptors (Lipinski definition) is 4. The zero-order valence-electron chi connectivity index (χ0n) is 10.2. The number of hydrogen-bond donors (Lipinski definition) is 2. The summed E-state index contributed by atoms with van der Waals surface area (Å²) in [5.41, 5.74) is 0.0718. The Kier molecular flexibility index (Phi) is 7.23. The minimum absolute atomic E-state index is 0.0718. The van der Waals surface area contributed by atoms with Gasteiger partial charge in [0.25, 0.3) is 5.91 Å². The first-order chi connectivity index (χ1) is 8.77. The molecular formula is C12H18ClN3O2. The lowest BCUT2D eigenvalue weighted by atomic mass is 10.2. The summed E-state index contributed by atoms with van der Waals surface area (Å²) in [7, 11) is 0. The summed E-state index contributed by atoms with van der Waals surface area (Å²) in [5.74, 6) is 0.117. The molecule has 1 atom stereocenters. The van der Waals surface area contributed by atoms with E-state index in [9.17, 15) is 4.79 Å². The molecule has 0 bridgehead atoms. The van der Waals surface area contributed by atoms with Gasteiger partial charge in [-0.1, -0.05) is 0 Å². The van der Waals surface area contributed by atoms with E-state index in [1.165, 1.54) is 6.20 Å². The molecule has 18 heavy (non-hydrogen) atoms. The van der Waals surface area contributed by atoms with Gasteiger partial charge in [0.05, 0.1) is 6.10 Å². The number of amides is 1. The van der Waals surface area contributed by atoms with Crippen molar-refractivity contribution >= 4 is 17.5 Å². The fraction of sp³-hybridized carbons (Fsp3) is 0.667. The molecule has 1 fully saturated rings. The van der Waals surface area contributed by atoms with E-state index in [1.807, 2.05) is 6.07 Å². The number of halogens is 1. The van der Waals surface area contributed by atoms with Crippen molar-refractivity contribution in [2.45, 2.75) is 25.4 Å². The van der Waals surface area contributed by atoms with Gasteiger partial charge >= 0.3 is 0 Å².